The van der Waals surface area contributed by atoms with Crippen molar-refractivity contribution in [3.05, 3.63) is 30.0 Å². The second-order valence-electron chi connectivity index (χ2n) is 2.79. The van der Waals surface area contributed by atoms with Gasteiger partial charge in [0.25, 0.3) is 6.47 Å². The maximum Gasteiger partial charge on any atom is 0.292 e. The number of fused-ring (bicyclic) bond motifs is 1. The molecule has 0 saturated carbocycles. The second kappa shape index (κ2) is 5.01. The largest absolute Gasteiger partial charge is 0.471 e. The first-order valence-corrected chi connectivity index (χ1v) is 4.14. The van der Waals surface area contributed by atoms with Gasteiger partial charge in [-0.05, 0) is 19.1 Å². The molecule has 0 atom stereocenters. The molecule has 0 aliphatic heterocycles. The van der Waals surface area contributed by atoms with E-state index in [0.29, 0.717) is 6.47 Å². The number of nitrogens with zero attached hydrogens (tertiary/aromatic N) is 1. The van der Waals surface area contributed by atoms with E-state index in [1.165, 1.54) is 18.1 Å². The molecule has 4 heteroatoms. The Kier molecular flexibility index (Phi) is 3.67. The van der Waals surface area contributed by atoms with Crippen LogP contribution in [0.4, 0.5) is 0 Å². The molecule has 1 aromatic carbocycles. The highest BCUT2D eigenvalue weighted by atomic mass is 16.5. The van der Waals surface area contributed by atoms with Crippen molar-refractivity contribution in [2.45, 2.75) is 6.92 Å². The summed E-state index contributed by atoms with van der Waals surface area (Å²) in [6, 6.07) is 6.22. The Balaban J connectivity index is 0.000000213. The van der Waals surface area contributed by atoms with Crippen LogP contribution in [0.5, 0.6) is 0 Å². The van der Waals surface area contributed by atoms with E-state index >= 15 is 0 Å². The number of benzene rings is 1. The lowest BCUT2D eigenvalue weighted by Gasteiger charge is -1.89. The van der Waals surface area contributed by atoms with Gasteiger partial charge < -0.3 is 4.74 Å². The highest BCUT2D eigenvalue weighted by Gasteiger charge is 1.92. The number of aromatic nitrogens is 2. The van der Waals surface area contributed by atoms with Gasteiger partial charge in [-0.25, -0.2) is 0 Å². The summed E-state index contributed by atoms with van der Waals surface area (Å²) in [5.74, 6) is 0. The zero-order valence-electron chi connectivity index (χ0n) is 8.15. The molecule has 0 fully saturated rings. The van der Waals surface area contributed by atoms with Gasteiger partial charge in [0.05, 0.1) is 18.8 Å². The Morgan fingerprint density at radius 3 is 2.86 bits per heavy atom. The molecule has 4 nitrogen and oxygen atoms in total. The van der Waals surface area contributed by atoms with Crippen molar-refractivity contribution in [2.24, 2.45) is 0 Å². The van der Waals surface area contributed by atoms with Crippen LogP contribution in [0, 0.1) is 6.92 Å². The molecule has 0 aliphatic rings. The Labute approximate surface area is 81.9 Å². The van der Waals surface area contributed by atoms with E-state index in [4.69, 9.17) is 4.79 Å². The van der Waals surface area contributed by atoms with E-state index in [0.717, 1.165) is 5.52 Å². The third-order valence-corrected chi connectivity index (χ3v) is 1.69. The number of rotatable bonds is 1. The Morgan fingerprint density at radius 1 is 1.50 bits per heavy atom. The molecule has 1 heterocycles. The number of aromatic amines is 1. The van der Waals surface area contributed by atoms with Crippen LogP contribution in [0.25, 0.3) is 10.9 Å². The van der Waals surface area contributed by atoms with Gasteiger partial charge in [-0.3, -0.25) is 9.89 Å². The second-order valence-corrected chi connectivity index (χ2v) is 2.79. The maximum absolute atomic E-state index is 8.95. The van der Waals surface area contributed by atoms with Gasteiger partial charge in [0.1, 0.15) is 0 Å². The molecule has 0 amide bonds. The van der Waals surface area contributed by atoms with Crippen molar-refractivity contribution in [3.8, 4) is 0 Å². The fourth-order valence-corrected chi connectivity index (χ4v) is 1.06. The molecule has 0 spiro atoms. The van der Waals surface area contributed by atoms with Crippen molar-refractivity contribution in [3.63, 3.8) is 0 Å². The zero-order valence-corrected chi connectivity index (χ0v) is 8.15. The van der Waals surface area contributed by atoms with Crippen LogP contribution < -0.4 is 0 Å². The summed E-state index contributed by atoms with van der Waals surface area (Å²) in [5, 5.41) is 7.99. The van der Waals surface area contributed by atoms with Gasteiger partial charge in [-0.15, -0.1) is 0 Å². The summed E-state index contributed by atoms with van der Waals surface area (Å²) >= 11 is 0. The number of ether oxygens (including phenoxy) is 1. The van der Waals surface area contributed by atoms with Gasteiger partial charge >= 0.3 is 0 Å². The van der Waals surface area contributed by atoms with E-state index in [1.54, 1.807) is 0 Å². The third kappa shape index (κ3) is 2.58. The smallest absolute Gasteiger partial charge is 0.292 e. The van der Waals surface area contributed by atoms with Gasteiger partial charge in [0.2, 0.25) is 0 Å². The molecule has 14 heavy (non-hydrogen) atoms. The molecule has 0 bridgehead atoms. The minimum absolute atomic E-state index is 0.375. The molecule has 1 aromatic heterocycles. The summed E-state index contributed by atoms with van der Waals surface area (Å²) in [6.07, 6.45) is 1.84. The highest BCUT2D eigenvalue weighted by Crippen LogP contribution is 2.11. The van der Waals surface area contributed by atoms with Crippen LogP contribution in [0.15, 0.2) is 24.4 Å². The van der Waals surface area contributed by atoms with Crippen LogP contribution in [0.2, 0.25) is 0 Å². The lowest BCUT2D eigenvalue weighted by Crippen LogP contribution is -1.70. The summed E-state index contributed by atoms with van der Waals surface area (Å²) < 4.78 is 3.86. The standard InChI is InChI=1S/C8H8N2.C2H4O2/c1-6-2-3-8-7(4-6)5-9-10-8;1-4-2-3/h2-5H,1H3,(H,9,10);2H,1H3. The lowest BCUT2D eigenvalue weighted by atomic mass is 10.2. The van der Waals surface area contributed by atoms with Gasteiger partial charge in [0, 0.05) is 5.39 Å². The molecular formula is C10H12N2O2. The fourth-order valence-electron chi connectivity index (χ4n) is 1.06. The third-order valence-electron chi connectivity index (χ3n) is 1.69. The van der Waals surface area contributed by atoms with Crippen molar-refractivity contribution in [2.75, 3.05) is 7.11 Å². The summed E-state index contributed by atoms with van der Waals surface area (Å²) in [5.41, 5.74) is 2.37. The molecule has 0 saturated heterocycles. The average Bonchev–Trinajstić information content (AvgIpc) is 2.65. The van der Waals surface area contributed by atoms with E-state index < -0.39 is 0 Å². The zero-order chi connectivity index (χ0) is 10.4. The lowest BCUT2D eigenvalue weighted by molar-refractivity contribution is -0.126. The van der Waals surface area contributed by atoms with E-state index in [9.17, 15) is 0 Å². The number of carbonyl (C=O) groups excluding carboxylic acids is 1. The first-order chi connectivity index (χ1) is 6.77. The Bertz CT molecular complexity index is 409. The quantitative estimate of drug-likeness (QED) is 0.699. The normalized spacial score (nSPS) is 9.00. The van der Waals surface area contributed by atoms with Gasteiger partial charge in [-0.1, -0.05) is 11.6 Å². The number of hydrogen-bond donors (Lipinski definition) is 1. The number of nitrogens with one attached hydrogen (secondary N) is 1. The van der Waals surface area contributed by atoms with Crippen LogP contribution in [0.3, 0.4) is 0 Å². The molecule has 2 rings (SSSR count). The number of H-pyrrole nitrogens is 1. The summed E-state index contributed by atoms with van der Waals surface area (Å²) in [6.45, 7) is 2.45. The van der Waals surface area contributed by atoms with Gasteiger partial charge in [-0.2, -0.15) is 5.10 Å². The summed E-state index contributed by atoms with van der Waals surface area (Å²) in [4.78, 5) is 8.95. The monoisotopic (exact) mass is 192 g/mol. The van der Waals surface area contributed by atoms with Crippen LogP contribution in [0.1, 0.15) is 5.56 Å². The van der Waals surface area contributed by atoms with E-state index in [1.807, 2.05) is 12.3 Å². The van der Waals surface area contributed by atoms with Crippen molar-refractivity contribution in [1.82, 2.24) is 10.2 Å². The fraction of sp³-hybridized carbons (Fsp3) is 0.200. The van der Waals surface area contributed by atoms with Crippen LogP contribution in [-0.4, -0.2) is 23.8 Å². The SMILES string of the molecule is COC=O.Cc1ccc2[nH]ncc2c1. The summed E-state index contributed by atoms with van der Waals surface area (Å²) in [7, 11) is 1.31. The molecule has 0 radical (unpaired) electrons. The molecular weight excluding hydrogens is 180 g/mol. The van der Waals surface area contributed by atoms with Gasteiger partial charge in [0.15, 0.2) is 0 Å². The molecule has 0 unspecified atom stereocenters. The first kappa shape index (κ1) is 10.2. The molecule has 1 N–H and O–H groups in total. The van der Waals surface area contributed by atoms with Crippen molar-refractivity contribution < 1.29 is 9.53 Å². The number of aryl methyl sites for hydroxylation is 1. The van der Waals surface area contributed by atoms with Crippen LogP contribution in [-0.2, 0) is 9.53 Å². The highest BCUT2D eigenvalue weighted by molar-refractivity contribution is 5.78. The van der Waals surface area contributed by atoms with Crippen molar-refractivity contribution in [1.29, 1.82) is 0 Å². The first-order valence-electron chi connectivity index (χ1n) is 4.14. The average molecular weight is 192 g/mol. The Morgan fingerprint density at radius 2 is 2.21 bits per heavy atom. The molecule has 74 valence electrons. The number of methoxy groups -OCH3 is 1. The van der Waals surface area contributed by atoms with Crippen LogP contribution >= 0.6 is 0 Å². The number of carbonyl (C=O) groups is 1. The molecule has 2 aromatic rings. The predicted octanol–water partition coefficient (Wildman–Crippen LogP) is 1.66. The number of hydrogen-bond acceptors (Lipinski definition) is 3. The topological polar surface area (TPSA) is 55.0 Å². The van der Waals surface area contributed by atoms with Crippen molar-refractivity contribution >= 4 is 17.4 Å². The van der Waals surface area contributed by atoms with E-state index in [-0.39, 0.29) is 0 Å². The maximum atomic E-state index is 8.95. The van der Waals surface area contributed by atoms with E-state index in [2.05, 4.69) is 34.0 Å². The Hall–Kier alpha value is -1.84. The minimum atomic E-state index is 0.375. The predicted molar refractivity (Wildman–Crippen MR) is 53.9 cm³/mol. The minimum Gasteiger partial charge on any atom is -0.471 e. The molecule has 0 aliphatic carbocycles.